The number of carboxylic acids is 1. The number of rotatable bonds is 1. The molecule has 12 heavy (non-hydrogen) atoms. The molecular formula is C8H6ClNO2. The highest BCUT2D eigenvalue weighted by Crippen LogP contribution is 2.45. The van der Waals surface area contributed by atoms with Crippen LogP contribution in [0.3, 0.4) is 0 Å². The molecule has 0 aliphatic heterocycles. The van der Waals surface area contributed by atoms with E-state index in [2.05, 4.69) is 0 Å². The van der Waals surface area contributed by atoms with Crippen molar-refractivity contribution in [3.8, 4) is 0 Å². The highest BCUT2D eigenvalue weighted by Gasteiger charge is 2.43. The number of hydrogen-bond donors (Lipinski definition) is 2. The summed E-state index contributed by atoms with van der Waals surface area (Å²) in [6, 6.07) is 0. The molecule has 0 spiro atoms. The van der Waals surface area contributed by atoms with Gasteiger partial charge in [-0.1, -0.05) is 17.7 Å². The van der Waals surface area contributed by atoms with Crippen LogP contribution in [0.15, 0.2) is 34.4 Å². The molecule has 62 valence electrons. The van der Waals surface area contributed by atoms with Gasteiger partial charge >= 0.3 is 5.97 Å². The van der Waals surface area contributed by atoms with Gasteiger partial charge in [-0.25, -0.2) is 4.79 Å². The predicted octanol–water partition coefficient (Wildman–Crippen LogP) is 0.771. The SMILES string of the molecule is NC12C=CC(C(=O)O)=C(Cl)C1=C2. The van der Waals surface area contributed by atoms with Crippen molar-refractivity contribution in [1.29, 1.82) is 0 Å². The summed E-state index contributed by atoms with van der Waals surface area (Å²) in [5.74, 6) is -1.02. The zero-order chi connectivity index (χ0) is 8.93. The summed E-state index contributed by atoms with van der Waals surface area (Å²) in [6.45, 7) is 0. The first-order valence-corrected chi connectivity index (χ1v) is 3.77. The average Bonchev–Trinajstić information content (AvgIpc) is 2.62. The third-order valence-electron chi connectivity index (χ3n) is 2.00. The van der Waals surface area contributed by atoms with E-state index in [1.54, 1.807) is 12.2 Å². The Morgan fingerprint density at radius 2 is 2.33 bits per heavy atom. The van der Waals surface area contributed by atoms with Crippen molar-refractivity contribution in [1.82, 2.24) is 0 Å². The molecule has 3 N–H and O–H groups in total. The first kappa shape index (κ1) is 7.58. The largest absolute Gasteiger partial charge is 0.478 e. The van der Waals surface area contributed by atoms with Crippen LogP contribution in [0.25, 0.3) is 0 Å². The van der Waals surface area contributed by atoms with Crippen molar-refractivity contribution in [2.24, 2.45) is 5.73 Å². The zero-order valence-corrected chi connectivity index (χ0v) is 6.80. The molecular weight excluding hydrogens is 178 g/mol. The Morgan fingerprint density at radius 3 is 2.92 bits per heavy atom. The third kappa shape index (κ3) is 0.838. The van der Waals surface area contributed by atoms with Gasteiger partial charge in [-0.3, -0.25) is 0 Å². The molecule has 0 heterocycles. The Balaban J connectivity index is 2.44. The molecule has 0 amide bonds. The molecule has 4 heteroatoms. The van der Waals surface area contributed by atoms with Crippen molar-refractivity contribution in [2.45, 2.75) is 5.54 Å². The first-order chi connectivity index (χ1) is 5.54. The van der Waals surface area contributed by atoms with Gasteiger partial charge in [-0.2, -0.15) is 0 Å². The molecule has 0 aromatic rings. The lowest BCUT2D eigenvalue weighted by atomic mass is 10.0. The molecule has 2 rings (SSSR count). The Labute approximate surface area is 73.8 Å². The van der Waals surface area contributed by atoms with Gasteiger partial charge in [0.1, 0.15) is 0 Å². The van der Waals surface area contributed by atoms with Crippen LogP contribution in [0, 0.1) is 0 Å². The van der Waals surface area contributed by atoms with Gasteiger partial charge in [0, 0.05) is 0 Å². The maximum atomic E-state index is 10.6. The van der Waals surface area contributed by atoms with Crippen LogP contribution in [0.1, 0.15) is 0 Å². The van der Waals surface area contributed by atoms with Gasteiger partial charge in [0.15, 0.2) is 0 Å². The topological polar surface area (TPSA) is 63.3 Å². The van der Waals surface area contributed by atoms with E-state index >= 15 is 0 Å². The fourth-order valence-electron chi connectivity index (χ4n) is 1.20. The Kier molecular flexibility index (Phi) is 1.26. The Morgan fingerprint density at radius 1 is 1.67 bits per heavy atom. The standard InChI is InChI=1S/C8H6ClNO2/c9-6-4(7(11)12)1-2-8(10)3-5(6)8/h1-3H,10H2,(H,11,12). The number of aliphatic carboxylic acids is 1. The first-order valence-electron chi connectivity index (χ1n) is 3.39. The molecule has 2 aliphatic rings. The lowest BCUT2D eigenvalue weighted by Gasteiger charge is -2.12. The van der Waals surface area contributed by atoms with Gasteiger partial charge in [-0.15, -0.1) is 0 Å². The minimum atomic E-state index is -1.02. The van der Waals surface area contributed by atoms with Crippen molar-refractivity contribution < 1.29 is 9.90 Å². The lowest BCUT2D eigenvalue weighted by molar-refractivity contribution is -0.132. The Bertz CT molecular complexity index is 367. The summed E-state index contributed by atoms with van der Waals surface area (Å²) in [6.07, 6.45) is 4.82. The maximum Gasteiger partial charge on any atom is 0.337 e. The second-order valence-electron chi connectivity index (χ2n) is 2.86. The van der Waals surface area contributed by atoms with Gasteiger partial charge in [0.05, 0.1) is 16.1 Å². The van der Waals surface area contributed by atoms with Crippen molar-refractivity contribution in [3.05, 3.63) is 34.4 Å². The van der Waals surface area contributed by atoms with E-state index in [1.165, 1.54) is 6.08 Å². The molecule has 0 saturated carbocycles. The fraction of sp³-hybridized carbons (Fsp3) is 0.125. The van der Waals surface area contributed by atoms with Gasteiger partial charge in [0.2, 0.25) is 0 Å². The quantitative estimate of drug-likeness (QED) is 0.631. The minimum Gasteiger partial charge on any atom is -0.478 e. The van der Waals surface area contributed by atoms with Gasteiger partial charge < -0.3 is 10.8 Å². The summed E-state index contributed by atoms with van der Waals surface area (Å²) >= 11 is 5.76. The van der Waals surface area contributed by atoms with E-state index in [1.807, 2.05) is 0 Å². The molecule has 1 unspecified atom stereocenters. The summed E-state index contributed by atoms with van der Waals surface area (Å²) in [7, 11) is 0. The molecule has 0 saturated heterocycles. The summed E-state index contributed by atoms with van der Waals surface area (Å²) in [4.78, 5) is 10.6. The maximum absolute atomic E-state index is 10.6. The summed E-state index contributed by atoms with van der Waals surface area (Å²) in [5.41, 5.74) is 5.98. The van der Waals surface area contributed by atoms with Crippen molar-refractivity contribution >= 4 is 17.6 Å². The minimum absolute atomic E-state index is 0.112. The van der Waals surface area contributed by atoms with Crippen LogP contribution in [0.5, 0.6) is 0 Å². The van der Waals surface area contributed by atoms with Gasteiger partial charge in [0.25, 0.3) is 0 Å². The van der Waals surface area contributed by atoms with Gasteiger partial charge in [-0.05, 0) is 17.7 Å². The van der Waals surface area contributed by atoms with E-state index in [-0.39, 0.29) is 10.6 Å². The molecule has 1 atom stereocenters. The van der Waals surface area contributed by atoms with Crippen LogP contribution in [0.2, 0.25) is 0 Å². The van der Waals surface area contributed by atoms with Crippen LogP contribution in [-0.2, 0) is 4.79 Å². The molecule has 3 nitrogen and oxygen atoms in total. The molecule has 0 aromatic heterocycles. The van der Waals surface area contributed by atoms with Crippen LogP contribution in [-0.4, -0.2) is 16.6 Å². The second-order valence-corrected chi connectivity index (χ2v) is 3.24. The average molecular weight is 184 g/mol. The molecule has 0 radical (unpaired) electrons. The smallest absolute Gasteiger partial charge is 0.337 e. The highest BCUT2D eigenvalue weighted by molar-refractivity contribution is 6.35. The third-order valence-corrected chi connectivity index (χ3v) is 2.40. The Hall–Kier alpha value is -1.06. The predicted molar refractivity (Wildman–Crippen MR) is 44.7 cm³/mol. The molecule has 0 fully saturated rings. The zero-order valence-electron chi connectivity index (χ0n) is 6.04. The van der Waals surface area contributed by atoms with Crippen LogP contribution in [0.4, 0.5) is 0 Å². The monoisotopic (exact) mass is 183 g/mol. The van der Waals surface area contributed by atoms with Crippen LogP contribution < -0.4 is 5.73 Å². The summed E-state index contributed by atoms with van der Waals surface area (Å²) < 4.78 is 0. The van der Waals surface area contributed by atoms with Crippen LogP contribution >= 0.6 is 11.6 Å². The van der Waals surface area contributed by atoms with E-state index < -0.39 is 11.5 Å². The molecule has 0 bridgehead atoms. The van der Waals surface area contributed by atoms with E-state index in [0.717, 1.165) is 0 Å². The molecule has 2 aliphatic carbocycles. The lowest BCUT2D eigenvalue weighted by Crippen LogP contribution is -2.26. The number of hydrogen-bond acceptors (Lipinski definition) is 2. The second kappa shape index (κ2) is 2.00. The highest BCUT2D eigenvalue weighted by atomic mass is 35.5. The normalized spacial score (nSPS) is 31.3. The number of carbonyl (C=O) groups is 1. The number of carboxylic acid groups (broad SMARTS) is 1. The number of halogens is 1. The van der Waals surface area contributed by atoms with Crippen molar-refractivity contribution in [3.63, 3.8) is 0 Å². The fourth-order valence-corrected chi connectivity index (χ4v) is 1.56. The van der Waals surface area contributed by atoms with E-state index in [4.69, 9.17) is 22.4 Å². The van der Waals surface area contributed by atoms with E-state index in [0.29, 0.717) is 5.57 Å². The summed E-state index contributed by atoms with van der Waals surface area (Å²) in [5, 5.41) is 8.92. The van der Waals surface area contributed by atoms with E-state index in [9.17, 15) is 4.79 Å². The van der Waals surface area contributed by atoms with Crippen molar-refractivity contribution in [2.75, 3.05) is 0 Å². The molecule has 0 aromatic carbocycles. The number of nitrogens with two attached hydrogens (primary N) is 1. The number of fused-ring (bicyclic) bond motifs is 1.